The highest BCUT2D eigenvalue weighted by atomic mass is 32.1. The zero-order chi connectivity index (χ0) is 27.5. The Bertz CT molecular complexity index is 1560. The van der Waals surface area contributed by atoms with Crippen molar-refractivity contribution in [3.05, 3.63) is 118 Å². The van der Waals surface area contributed by atoms with Crippen molar-refractivity contribution in [2.45, 2.75) is 19.6 Å². The number of aliphatic hydroxyl groups excluding tert-OH is 1. The molecule has 0 aliphatic carbocycles. The van der Waals surface area contributed by atoms with Gasteiger partial charge in [0.1, 0.15) is 23.0 Å². The third-order valence-corrected chi connectivity index (χ3v) is 7.43. The maximum Gasteiger partial charge on any atom is 0.350 e. The number of anilines is 1. The minimum absolute atomic E-state index is 0.0726. The highest BCUT2D eigenvalue weighted by Crippen LogP contribution is 2.44. The Balaban J connectivity index is 1.52. The molecule has 196 valence electrons. The first kappa shape index (κ1) is 25.9. The Morgan fingerprint density at radius 1 is 0.974 bits per heavy atom. The summed E-state index contributed by atoms with van der Waals surface area (Å²) in [6.07, 6.45) is 0. The molecule has 1 atom stereocenters. The lowest BCUT2D eigenvalue weighted by molar-refractivity contribution is -0.132. The molecule has 0 saturated carbocycles. The Labute approximate surface area is 228 Å². The molecule has 39 heavy (non-hydrogen) atoms. The molecule has 1 fully saturated rings. The monoisotopic (exact) mass is 540 g/mol. The molecule has 2 heterocycles. The summed E-state index contributed by atoms with van der Waals surface area (Å²) in [6, 6.07) is 24.3. The van der Waals surface area contributed by atoms with E-state index in [-0.39, 0.29) is 21.3 Å². The summed E-state index contributed by atoms with van der Waals surface area (Å²) in [6.45, 7) is 2.01. The molecule has 1 aliphatic heterocycles. The number of benzene rings is 3. The van der Waals surface area contributed by atoms with E-state index in [1.807, 2.05) is 36.4 Å². The van der Waals surface area contributed by atoms with Gasteiger partial charge in [0.15, 0.2) is 5.13 Å². The summed E-state index contributed by atoms with van der Waals surface area (Å²) in [7, 11) is 1.26. The fourth-order valence-electron chi connectivity index (χ4n) is 4.35. The van der Waals surface area contributed by atoms with Gasteiger partial charge in [0.05, 0.1) is 24.4 Å². The number of carbonyl (C=O) groups is 3. The van der Waals surface area contributed by atoms with Gasteiger partial charge in [-0.05, 0) is 42.3 Å². The first-order chi connectivity index (χ1) is 18.9. The first-order valence-electron chi connectivity index (χ1n) is 12.1. The number of methoxy groups -OCH3 is 1. The topological polar surface area (TPSA) is 106 Å². The van der Waals surface area contributed by atoms with Crippen molar-refractivity contribution < 1.29 is 29.0 Å². The van der Waals surface area contributed by atoms with Crippen molar-refractivity contribution in [1.82, 2.24) is 4.98 Å². The van der Waals surface area contributed by atoms with E-state index in [1.165, 1.54) is 12.0 Å². The van der Waals surface area contributed by atoms with Crippen molar-refractivity contribution in [2.24, 2.45) is 0 Å². The van der Waals surface area contributed by atoms with Crippen molar-refractivity contribution in [3.63, 3.8) is 0 Å². The van der Waals surface area contributed by atoms with Crippen LogP contribution in [0.3, 0.4) is 0 Å². The number of thiazole rings is 1. The van der Waals surface area contributed by atoms with Crippen molar-refractivity contribution >= 4 is 39.9 Å². The minimum atomic E-state index is -0.948. The van der Waals surface area contributed by atoms with Crippen LogP contribution in [-0.4, -0.2) is 34.9 Å². The highest BCUT2D eigenvalue weighted by Gasteiger charge is 2.48. The van der Waals surface area contributed by atoms with Crippen LogP contribution >= 0.6 is 11.3 Å². The number of Topliss-reactive ketones (excluding diaryl/α,β-unsaturated/α-hetero) is 1. The second kappa shape index (κ2) is 10.9. The lowest BCUT2D eigenvalue weighted by Gasteiger charge is -2.23. The summed E-state index contributed by atoms with van der Waals surface area (Å²) in [5.74, 6) is -2.01. The van der Waals surface area contributed by atoms with Gasteiger partial charge in [-0.3, -0.25) is 14.5 Å². The molecule has 3 aromatic carbocycles. The number of carbonyl (C=O) groups excluding carboxylic acids is 3. The maximum atomic E-state index is 13.3. The largest absolute Gasteiger partial charge is 0.507 e. The third kappa shape index (κ3) is 5.04. The van der Waals surface area contributed by atoms with Gasteiger partial charge >= 0.3 is 11.9 Å². The summed E-state index contributed by atoms with van der Waals surface area (Å²) in [4.78, 5) is 44.7. The number of amides is 1. The average molecular weight is 541 g/mol. The molecule has 0 bridgehead atoms. The number of rotatable bonds is 7. The van der Waals surface area contributed by atoms with Gasteiger partial charge in [0, 0.05) is 5.56 Å². The molecule has 1 N–H and O–H groups in total. The molecule has 1 unspecified atom stereocenters. The van der Waals surface area contributed by atoms with Gasteiger partial charge < -0.3 is 14.6 Å². The number of aryl methyl sites for hydroxylation is 1. The zero-order valence-electron chi connectivity index (χ0n) is 21.2. The molecule has 1 saturated heterocycles. The fraction of sp³-hybridized carbons (Fsp3) is 0.133. The number of ketones is 1. The second-order valence-electron chi connectivity index (χ2n) is 8.78. The predicted molar refractivity (Wildman–Crippen MR) is 147 cm³/mol. The van der Waals surface area contributed by atoms with Crippen molar-refractivity contribution in [2.75, 3.05) is 12.0 Å². The molecule has 9 heteroatoms. The van der Waals surface area contributed by atoms with Gasteiger partial charge in [-0.1, -0.05) is 72.0 Å². The van der Waals surface area contributed by atoms with E-state index in [9.17, 15) is 19.5 Å². The minimum Gasteiger partial charge on any atom is -0.507 e. The predicted octanol–water partition coefficient (Wildman–Crippen LogP) is 5.44. The number of hydrogen-bond donors (Lipinski definition) is 1. The number of esters is 1. The average Bonchev–Trinajstić information content (AvgIpc) is 3.48. The van der Waals surface area contributed by atoms with Crippen LogP contribution in [0, 0.1) is 6.92 Å². The lowest BCUT2D eigenvalue weighted by Crippen LogP contribution is -2.29. The molecule has 1 aromatic heterocycles. The Kier molecular flexibility index (Phi) is 7.25. The molecule has 8 nitrogen and oxygen atoms in total. The molecule has 4 aromatic rings. The van der Waals surface area contributed by atoms with E-state index in [4.69, 9.17) is 9.47 Å². The van der Waals surface area contributed by atoms with Crippen LogP contribution in [-0.2, 0) is 20.9 Å². The quantitative estimate of drug-likeness (QED) is 0.144. The number of ether oxygens (including phenoxy) is 2. The van der Waals surface area contributed by atoms with Crippen LogP contribution in [0.4, 0.5) is 5.13 Å². The normalized spacial score (nSPS) is 16.4. The van der Waals surface area contributed by atoms with Crippen LogP contribution in [0.2, 0.25) is 0 Å². The molecular weight excluding hydrogens is 516 g/mol. The third-order valence-electron chi connectivity index (χ3n) is 6.30. The fourth-order valence-corrected chi connectivity index (χ4v) is 5.37. The number of aromatic nitrogens is 1. The summed E-state index contributed by atoms with van der Waals surface area (Å²) < 4.78 is 10.6. The van der Waals surface area contributed by atoms with Gasteiger partial charge in [-0.25, -0.2) is 9.78 Å². The van der Waals surface area contributed by atoms with Gasteiger partial charge in [0.25, 0.3) is 5.78 Å². The maximum absolute atomic E-state index is 13.3. The smallest absolute Gasteiger partial charge is 0.350 e. The van der Waals surface area contributed by atoms with Crippen molar-refractivity contribution in [1.29, 1.82) is 0 Å². The molecule has 5 rings (SSSR count). The number of hydrogen-bond acceptors (Lipinski definition) is 8. The van der Waals surface area contributed by atoms with E-state index in [1.54, 1.807) is 55.5 Å². The van der Waals surface area contributed by atoms with E-state index in [2.05, 4.69) is 4.98 Å². The molecular formula is C30H24N2O6S. The van der Waals surface area contributed by atoms with Crippen LogP contribution in [0.5, 0.6) is 5.75 Å². The Hall–Kier alpha value is -4.76. The number of nitrogens with zero attached hydrogens (tertiary/aromatic N) is 2. The SMILES string of the molecule is COC(=O)c1sc(N2C(=O)C(=O)/C(=C(/O)c3ccc(OCc4ccccc4)cc3)C2c2ccccc2)nc1C. The Morgan fingerprint density at radius 3 is 2.26 bits per heavy atom. The van der Waals surface area contributed by atoms with Crippen LogP contribution in [0.15, 0.2) is 90.5 Å². The van der Waals surface area contributed by atoms with Crippen LogP contribution in [0.25, 0.3) is 5.76 Å². The summed E-state index contributed by atoms with van der Waals surface area (Å²) in [5, 5.41) is 11.5. The van der Waals surface area contributed by atoms with Crippen molar-refractivity contribution in [3.8, 4) is 5.75 Å². The van der Waals surface area contributed by atoms with Crippen LogP contribution < -0.4 is 9.64 Å². The highest BCUT2D eigenvalue weighted by molar-refractivity contribution is 7.17. The molecule has 0 spiro atoms. The summed E-state index contributed by atoms with van der Waals surface area (Å²) in [5.41, 5.74) is 2.28. The molecule has 1 amide bonds. The van der Waals surface area contributed by atoms with E-state index in [0.717, 1.165) is 16.9 Å². The lowest BCUT2D eigenvalue weighted by atomic mass is 9.95. The Morgan fingerprint density at radius 2 is 1.62 bits per heavy atom. The zero-order valence-corrected chi connectivity index (χ0v) is 22.0. The van der Waals surface area contributed by atoms with Crippen LogP contribution in [0.1, 0.15) is 38.1 Å². The molecule has 1 aliphatic rings. The first-order valence-corrected chi connectivity index (χ1v) is 12.9. The van der Waals surface area contributed by atoms with Gasteiger partial charge in [-0.15, -0.1) is 0 Å². The van der Waals surface area contributed by atoms with E-state index < -0.39 is 23.7 Å². The van der Waals surface area contributed by atoms with E-state index in [0.29, 0.717) is 29.2 Å². The standard InChI is InChI=1S/C30H24N2O6S/c1-18-27(29(36)37-2)39-30(31-18)32-24(20-11-7-4-8-12-20)23(26(34)28(32)35)25(33)21-13-15-22(16-14-21)38-17-19-9-5-3-6-10-19/h3-16,24,33H,17H2,1-2H3/b25-23+. The van der Waals surface area contributed by atoms with E-state index >= 15 is 0 Å². The van der Waals surface area contributed by atoms with Gasteiger partial charge in [0.2, 0.25) is 0 Å². The second-order valence-corrected chi connectivity index (χ2v) is 9.76. The van der Waals surface area contributed by atoms with Gasteiger partial charge in [-0.2, -0.15) is 0 Å². The molecule has 0 radical (unpaired) electrons. The summed E-state index contributed by atoms with van der Waals surface area (Å²) >= 11 is 0.955. The number of aliphatic hydroxyl groups is 1.